The topological polar surface area (TPSA) is 38.9 Å². The molecular formula is C13H14N2. The zero-order chi connectivity index (χ0) is 10.7. The molecule has 0 fully saturated rings. The lowest BCUT2D eigenvalue weighted by molar-refractivity contribution is 0.827. The molecule has 2 heteroatoms. The van der Waals surface area contributed by atoms with Crippen molar-refractivity contribution in [1.29, 1.82) is 0 Å². The van der Waals surface area contributed by atoms with Crippen LogP contribution in [0.3, 0.4) is 0 Å². The van der Waals surface area contributed by atoms with E-state index in [1.54, 1.807) is 0 Å². The van der Waals surface area contributed by atoms with E-state index in [9.17, 15) is 0 Å². The largest absolute Gasteiger partial charge is 0.319 e. The lowest BCUT2D eigenvalue weighted by atomic mass is 10.0. The second-order valence-corrected chi connectivity index (χ2v) is 3.65. The molecule has 1 unspecified atom stereocenters. The highest BCUT2D eigenvalue weighted by Crippen LogP contribution is 2.16. The maximum absolute atomic E-state index is 6.10. The fourth-order valence-corrected chi connectivity index (χ4v) is 1.49. The minimum Gasteiger partial charge on any atom is -0.319 e. The summed E-state index contributed by atoms with van der Waals surface area (Å²) in [6.07, 6.45) is 1.85. The summed E-state index contributed by atoms with van der Waals surface area (Å²) in [5.41, 5.74) is 9.26. The Balaban J connectivity index is 2.29. The molecule has 15 heavy (non-hydrogen) atoms. The predicted octanol–water partition coefficient (Wildman–Crippen LogP) is 2.44. The van der Waals surface area contributed by atoms with Crippen molar-refractivity contribution in [3.8, 4) is 0 Å². The van der Waals surface area contributed by atoms with Gasteiger partial charge in [0.2, 0.25) is 0 Å². The van der Waals surface area contributed by atoms with E-state index < -0.39 is 0 Å². The Hall–Kier alpha value is -1.67. The fraction of sp³-hybridized carbons (Fsp3) is 0.154. The number of pyridine rings is 1. The van der Waals surface area contributed by atoms with E-state index in [2.05, 4.69) is 4.98 Å². The summed E-state index contributed by atoms with van der Waals surface area (Å²) in [5.74, 6) is 0. The molecule has 0 saturated heterocycles. The van der Waals surface area contributed by atoms with E-state index in [0.29, 0.717) is 0 Å². The van der Waals surface area contributed by atoms with Crippen LogP contribution in [0.15, 0.2) is 48.7 Å². The molecule has 0 aliphatic carbocycles. The number of aromatic nitrogens is 1. The molecule has 2 N–H and O–H groups in total. The van der Waals surface area contributed by atoms with E-state index in [0.717, 1.165) is 16.8 Å². The van der Waals surface area contributed by atoms with Crippen molar-refractivity contribution < 1.29 is 0 Å². The molecule has 2 aromatic rings. The van der Waals surface area contributed by atoms with Gasteiger partial charge < -0.3 is 5.73 Å². The molecule has 1 aromatic carbocycles. The molecule has 0 aliphatic rings. The number of nitrogens with two attached hydrogens (primary N) is 1. The number of nitrogens with zero attached hydrogens (tertiary/aromatic N) is 1. The normalized spacial score (nSPS) is 12.4. The second-order valence-electron chi connectivity index (χ2n) is 3.65. The van der Waals surface area contributed by atoms with Crippen molar-refractivity contribution in [2.75, 3.05) is 0 Å². The average molecular weight is 198 g/mol. The first kappa shape index (κ1) is 9.87. The summed E-state index contributed by atoms with van der Waals surface area (Å²) in [6.45, 7) is 2.02. The number of benzene rings is 1. The van der Waals surface area contributed by atoms with Gasteiger partial charge in [-0.3, -0.25) is 4.98 Å². The summed E-state index contributed by atoms with van der Waals surface area (Å²) < 4.78 is 0. The molecule has 0 bridgehead atoms. The molecule has 0 spiro atoms. The highest BCUT2D eigenvalue weighted by Gasteiger charge is 2.08. The van der Waals surface area contributed by atoms with Gasteiger partial charge in [-0.05, 0) is 24.1 Å². The Morgan fingerprint density at radius 1 is 1.07 bits per heavy atom. The zero-order valence-electron chi connectivity index (χ0n) is 8.72. The highest BCUT2D eigenvalue weighted by molar-refractivity contribution is 5.27. The molecule has 1 aromatic heterocycles. The van der Waals surface area contributed by atoms with Crippen LogP contribution < -0.4 is 5.73 Å². The zero-order valence-corrected chi connectivity index (χ0v) is 8.72. The average Bonchev–Trinajstić information content (AvgIpc) is 2.30. The van der Waals surface area contributed by atoms with Crippen LogP contribution in [0.4, 0.5) is 0 Å². The first-order valence-corrected chi connectivity index (χ1v) is 5.00. The molecule has 1 atom stereocenters. The molecule has 0 amide bonds. The summed E-state index contributed by atoms with van der Waals surface area (Å²) in [5, 5.41) is 0. The van der Waals surface area contributed by atoms with Crippen LogP contribution in [0.2, 0.25) is 0 Å². The lowest BCUT2D eigenvalue weighted by Crippen LogP contribution is -2.13. The van der Waals surface area contributed by atoms with Gasteiger partial charge >= 0.3 is 0 Å². The van der Waals surface area contributed by atoms with E-state index >= 15 is 0 Å². The number of hydrogen-bond donors (Lipinski definition) is 1. The van der Waals surface area contributed by atoms with Crippen LogP contribution in [-0.4, -0.2) is 4.98 Å². The Morgan fingerprint density at radius 2 is 1.80 bits per heavy atom. The van der Waals surface area contributed by atoms with Crippen molar-refractivity contribution in [2.45, 2.75) is 13.0 Å². The van der Waals surface area contributed by atoms with Gasteiger partial charge in [-0.15, -0.1) is 0 Å². The van der Waals surface area contributed by atoms with Crippen molar-refractivity contribution in [1.82, 2.24) is 4.98 Å². The quantitative estimate of drug-likeness (QED) is 0.805. The van der Waals surface area contributed by atoms with Crippen molar-refractivity contribution in [3.63, 3.8) is 0 Å². The Labute approximate surface area is 89.8 Å². The third-order valence-electron chi connectivity index (χ3n) is 2.41. The van der Waals surface area contributed by atoms with Crippen LogP contribution in [0.1, 0.15) is 22.9 Å². The van der Waals surface area contributed by atoms with E-state index in [1.807, 2.05) is 55.6 Å². The van der Waals surface area contributed by atoms with Gasteiger partial charge in [-0.2, -0.15) is 0 Å². The van der Waals surface area contributed by atoms with Crippen LogP contribution in [0, 0.1) is 6.92 Å². The summed E-state index contributed by atoms with van der Waals surface area (Å²) in [6, 6.07) is 13.9. The Bertz CT molecular complexity index is 420. The SMILES string of the molecule is Cc1ccc(C(N)c2ccccc2)nc1. The third kappa shape index (κ3) is 2.22. The maximum Gasteiger partial charge on any atom is 0.0726 e. The molecule has 0 radical (unpaired) electrons. The van der Waals surface area contributed by atoms with E-state index in [4.69, 9.17) is 5.73 Å². The molecule has 0 saturated carbocycles. The number of hydrogen-bond acceptors (Lipinski definition) is 2. The van der Waals surface area contributed by atoms with Gasteiger partial charge in [0.1, 0.15) is 0 Å². The molecule has 76 valence electrons. The van der Waals surface area contributed by atoms with Crippen LogP contribution >= 0.6 is 0 Å². The highest BCUT2D eigenvalue weighted by atomic mass is 14.8. The van der Waals surface area contributed by atoms with Crippen LogP contribution in [0.5, 0.6) is 0 Å². The number of rotatable bonds is 2. The first-order valence-electron chi connectivity index (χ1n) is 5.00. The summed E-state index contributed by atoms with van der Waals surface area (Å²) in [7, 11) is 0. The van der Waals surface area contributed by atoms with Gasteiger partial charge in [-0.1, -0.05) is 36.4 Å². The second kappa shape index (κ2) is 4.24. The monoisotopic (exact) mass is 198 g/mol. The molecule has 2 rings (SSSR count). The molecule has 2 nitrogen and oxygen atoms in total. The van der Waals surface area contributed by atoms with Crippen molar-refractivity contribution in [3.05, 3.63) is 65.5 Å². The minimum atomic E-state index is -0.133. The predicted molar refractivity (Wildman–Crippen MR) is 61.4 cm³/mol. The summed E-state index contributed by atoms with van der Waals surface area (Å²) >= 11 is 0. The van der Waals surface area contributed by atoms with E-state index in [-0.39, 0.29) is 6.04 Å². The van der Waals surface area contributed by atoms with Crippen molar-refractivity contribution >= 4 is 0 Å². The smallest absolute Gasteiger partial charge is 0.0726 e. The third-order valence-corrected chi connectivity index (χ3v) is 2.41. The fourth-order valence-electron chi connectivity index (χ4n) is 1.49. The summed E-state index contributed by atoms with van der Waals surface area (Å²) in [4.78, 5) is 4.33. The first-order chi connectivity index (χ1) is 7.27. The molecule has 0 aliphatic heterocycles. The van der Waals surface area contributed by atoms with Gasteiger partial charge in [0.15, 0.2) is 0 Å². The van der Waals surface area contributed by atoms with E-state index in [1.165, 1.54) is 0 Å². The standard InChI is InChI=1S/C13H14N2/c1-10-7-8-12(15-9-10)13(14)11-5-3-2-4-6-11/h2-9,13H,14H2,1H3. The van der Waals surface area contributed by atoms with Gasteiger partial charge in [0, 0.05) is 6.20 Å². The minimum absolute atomic E-state index is 0.133. The van der Waals surface area contributed by atoms with Crippen LogP contribution in [-0.2, 0) is 0 Å². The number of aryl methyl sites for hydroxylation is 1. The lowest BCUT2D eigenvalue weighted by Gasteiger charge is -2.11. The van der Waals surface area contributed by atoms with Gasteiger partial charge in [-0.25, -0.2) is 0 Å². The Kier molecular flexibility index (Phi) is 2.79. The molecule has 1 heterocycles. The van der Waals surface area contributed by atoms with Gasteiger partial charge in [0.05, 0.1) is 11.7 Å². The maximum atomic E-state index is 6.10. The molecular weight excluding hydrogens is 184 g/mol. The van der Waals surface area contributed by atoms with Crippen LogP contribution in [0.25, 0.3) is 0 Å². The van der Waals surface area contributed by atoms with Gasteiger partial charge in [0.25, 0.3) is 0 Å². The van der Waals surface area contributed by atoms with Crippen molar-refractivity contribution in [2.24, 2.45) is 5.73 Å². The Morgan fingerprint density at radius 3 is 2.40 bits per heavy atom.